The third-order valence-corrected chi connectivity index (χ3v) is 7.53. The summed E-state index contributed by atoms with van der Waals surface area (Å²) in [5.74, 6) is 0.296. The van der Waals surface area contributed by atoms with Gasteiger partial charge in [-0.05, 0) is 41.9 Å². The SMILES string of the molecule is CC1(C)[C@H]2CC[C@]1(C)c1c2c(C(=O)NCc2ccccc2)nn1-c1ccccc1. The molecule has 148 valence electrons. The molecule has 0 saturated heterocycles. The van der Waals surface area contributed by atoms with Crippen LogP contribution in [0.1, 0.15) is 66.8 Å². The number of nitrogens with zero attached hydrogens (tertiary/aromatic N) is 2. The van der Waals surface area contributed by atoms with Gasteiger partial charge in [0.05, 0.1) is 11.4 Å². The molecule has 0 unspecified atom stereocenters. The first-order chi connectivity index (χ1) is 13.9. The van der Waals surface area contributed by atoms with Gasteiger partial charge in [-0.15, -0.1) is 0 Å². The van der Waals surface area contributed by atoms with E-state index in [9.17, 15) is 4.79 Å². The lowest BCUT2D eigenvalue weighted by atomic mass is 9.70. The number of hydrogen-bond donors (Lipinski definition) is 1. The van der Waals surface area contributed by atoms with Crippen molar-refractivity contribution in [1.82, 2.24) is 15.1 Å². The van der Waals surface area contributed by atoms with E-state index in [4.69, 9.17) is 5.10 Å². The molecule has 2 aromatic carbocycles. The van der Waals surface area contributed by atoms with Crippen LogP contribution in [0, 0.1) is 5.41 Å². The number of benzene rings is 2. The molecule has 0 spiro atoms. The maximum Gasteiger partial charge on any atom is 0.272 e. The molecular formula is C25H27N3O. The maximum absolute atomic E-state index is 13.2. The summed E-state index contributed by atoms with van der Waals surface area (Å²) in [6.45, 7) is 7.57. The van der Waals surface area contributed by atoms with E-state index in [2.05, 4.69) is 38.2 Å². The van der Waals surface area contributed by atoms with Gasteiger partial charge in [-0.2, -0.15) is 5.10 Å². The molecular weight excluding hydrogens is 358 g/mol. The minimum Gasteiger partial charge on any atom is -0.347 e. The number of amides is 1. The van der Waals surface area contributed by atoms with E-state index < -0.39 is 0 Å². The summed E-state index contributed by atoms with van der Waals surface area (Å²) in [6, 6.07) is 20.2. The number of carbonyl (C=O) groups excluding carboxylic acids is 1. The zero-order valence-corrected chi connectivity index (χ0v) is 17.3. The number of fused-ring (bicyclic) bond motifs is 5. The summed E-state index contributed by atoms with van der Waals surface area (Å²) in [4.78, 5) is 13.2. The molecule has 2 aliphatic carbocycles. The molecule has 0 aliphatic heterocycles. The second-order valence-electron chi connectivity index (χ2n) is 9.17. The molecule has 1 N–H and O–H groups in total. The molecule has 0 radical (unpaired) electrons. The zero-order valence-electron chi connectivity index (χ0n) is 17.3. The van der Waals surface area contributed by atoms with Gasteiger partial charge in [-0.25, -0.2) is 4.68 Å². The van der Waals surface area contributed by atoms with Crippen LogP contribution in [0.5, 0.6) is 0 Å². The number of para-hydroxylation sites is 1. The average molecular weight is 386 g/mol. The standard InChI is InChI=1S/C25H27N3O/c1-24(2)19-14-15-25(24,3)22-20(19)21(27-28(22)18-12-8-5-9-13-18)23(29)26-16-17-10-6-4-7-11-17/h4-13,19H,14-16H2,1-3H3,(H,26,29)/t19-,25+/m0/s1. The number of hydrogen-bond acceptors (Lipinski definition) is 2. The fourth-order valence-corrected chi connectivity index (χ4v) is 5.51. The monoisotopic (exact) mass is 385 g/mol. The summed E-state index contributed by atoms with van der Waals surface area (Å²) < 4.78 is 2.04. The highest BCUT2D eigenvalue weighted by Gasteiger charge is 2.63. The lowest BCUT2D eigenvalue weighted by Crippen LogP contribution is -2.33. The fraction of sp³-hybridized carbons (Fsp3) is 0.360. The van der Waals surface area contributed by atoms with Crippen molar-refractivity contribution in [1.29, 1.82) is 0 Å². The highest BCUT2D eigenvalue weighted by molar-refractivity contribution is 5.95. The number of aromatic nitrogens is 2. The lowest BCUT2D eigenvalue weighted by molar-refractivity contribution is 0.0943. The van der Waals surface area contributed by atoms with Crippen LogP contribution in [0.4, 0.5) is 0 Å². The summed E-state index contributed by atoms with van der Waals surface area (Å²) in [5, 5.41) is 7.96. The molecule has 2 bridgehead atoms. The first kappa shape index (κ1) is 18.2. The van der Waals surface area contributed by atoms with Gasteiger partial charge in [-0.3, -0.25) is 4.79 Å². The summed E-state index contributed by atoms with van der Waals surface area (Å²) in [7, 11) is 0. The Balaban J connectivity index is 1.59. The molecule has 4 nitrogen and oxygen atoms in total. The maximum atomic E-state index is 13.2. The van der Waals surface area contributed by atoms with E-state index in [1.165, 1.54) is 5.69 Å². The molecule has 1 saturated carbocycles. The highest BCUT2D eigenvalue weighted by Crippen LogP contribution is 2.68. The minimum atomic E-state index is -0.0771. The van der Waals surface area contributed by atoms with Crippen molar-refractivity contribution in [2.45, 2.75) is 51.5 Å². The largest absolute Gasteiger partial charge is 0.347 e. The molecule has 2 aliphatic rings. The minimum absolute atomic E-state index is 0.0216. The van der Waals surface area contributed by atoms with Crippen molar-refractivity contribution in [2.75, 3.05) is 0 Å². The van der Waals surface area contributed by atoms with Crippen molar-refractivity contribution < 1.29 is 4.79 Å². The fourth-order valence-electron chi connectivity index (χ4n) is 5.51. The smallest absolute Gasteiger partial charge is 0.272 e. The topological polar surface area (TPSA) is 46.9 Å². The van der Waals surface area contributed by atoms with Crippen molar-refractivity contribution in [3.05, 3.63) is 83.2 Å². The van der Waals surface area contributed by atoms with Crippen LogP contribution < -0.4 is 5.32 Å². The van der Waals surface area contributed by atoms with Crippen LogP contribution in [0.3, 0.4) is 0 Å². The van der Waals surface area contributed by atoms with Gasteiger partial charge in [0.25, 0.3) is 5.91 Å². The molecule has 1 amide bonds. The van der Waals surface area contributed by atoms with E-state index in [-0.39, 0.29) is 16.7 Å². The van der Waals surface area contributed by atoms with Gasteiger partial charge in [0.15, 0.2) is 5.69 Å². The van der Waals surface area contributed by atoms with E-state index in [0.717, 1.165) is 29.7 Å². The van der Waals surface area contributed by atoms with Crippen LogP contribution in [-0.2, 0) is 12.0 Å². The lowest BCUT2D eigenvalue weighted by Gasteiger charge is -2.35. The van der Waals surface area contributed by atoms with E-state index in [1.807, 2.05) is 53.2 Å². The van der Waals surface area contributed by atoms with Gasteiger partial charge in [0.1, 0.15) is 0 Å². The van der Waals surface area contributed by atoms with Crippen LogP contribution in [0.25, 0.3) is 5.69 Å². The molecule has 1 heterocycles. The molecule has 29 heavy (non-hydrogen) atoms. The summed E-state index contributed by atoms with van der Waals surface area (Å²) >= 11 is 0. The predicted octanol–water partition coefficient (Wildman–Crippen LogP) is 4.98. The molecule has 1 fully saturated rings. The normalized spacial score (nSPS) is 23.8. The average Bonchev–Trinajstić information content (AvgIpc) is 3.30. The predicted molar refractivity (Wildman–Crippen MR) is 114 cm³/mol. The summed E-state index contributed by atoms with van der Waals surface area (Å²) in [6.07, 6.45) is 2.26. The third kappa shape index (κ3) is 2.51. The highest BCUT2D eigenvalue weighted by atomic mass is 16.2. The number of nitrogens with one attached hydrogen (secondary N) is 1. The number of rotatable bonds is 4. The van der Waals surface area contributed by atoms with Gasteiger partial charge in [0.2, 0.25) is 0 Å². The number of carbonyl (C=O) groups is 1. The molecule has 4 heteroatoms. The molecule has 2 atom stereocenters. The van der Waals surface area contributed by atoms with Gasteiger partial charge < -0.3 is 5.32 Å². The van der Waals surface area contributed by atoms with Crippen molar-refractivity contribution >= 4 is 5.91 Å². The summed E-state index contributed by atoms with van der Waals surface area (Å²) in [5.41, 5.74) is 5.25. The Bertz CT molecular complexity index is 1070. The van der Waals surface area contributed by atoms with Crippen LogP contribution >= 0.6 is 0 Å². The molecule has 3 aromatic rings. The Morgan fingerprint density at radius 3 is 2.41 bits per heavy atom. The first-order valence-electron chi connectivity index (χ1n) is 10.4. The molecule has 1 aromatic heterocycles. The van der Waals surface area contributed by atoms with Crippen molar-refractivity contribution in [2.24, 2.45) is 5.41 Å². The van der Waals surface area contributed by atoms with Crippen molar-refractivity contribution in [3.8, 4) is 5.69 Å². The Morgan fingerprint density at radius 1 is 1.07 bits per heavy atom. The van der Waals surface area contributed by atoms with Gasteiger partial charge >= 0.3 is 0 Å². The second kappa shape index (κ2) is 6.31. The van der Waals surface area contributed by atoms with Gasteiger partial charge in [0, 0.05) is 17.5 Å². The Morgan fingerprint density at radius 2 is 1.72 bits per heavy atom. The first-order valence-corrected chi connectivity index (χ1v) is 10.4. The van der Waals surface area contributed by atoms with Crippen LogP contribution in [-0.4, -0.2) is 15.7 Å². The van der Waals surface area contributed by atoms with Gasteiger partial charge in [-0.1, -0.05) is 69.3 Å². The van der Waals surface area contributed by atoms with Crippen LogP contribution in [0.2, 0.25) is 0 Å². The second-order valence-corrected chi connectivity index (χ2v) is 9.17. The molecule has 5 rings (SSSR count). The Labute approximate surface area is 172 Å². The van der Waals surface area contributed by atoms with Crippen molar-refractivity contribution in [3.63, 3.8) is 0 Å². The Hall–Kier alpha value is -2.88. The van der Waals surface area contributed by atoms with E-state index in [1.54, 1.807) is 0 Å². The zero-order chi connectivity index (χ0) is 20.2. The Kier molecular flexibility index (Phi) is 3.95. The van der Waals surface area contributed by atoms with E-state index in [0.29, 0.717) is 18.2 Å². The van der Waals surface area contributed by atoms with Crippen LogP contribution in [0.15, 0.2) is 60.7 Å². The van der Waals surface area contributed by atoms with E-state index >= 15 is 0 Å². The third-order valence-electron chi connectivity index (χ3n) is 7.53. The quantitative estimate of drug-likeness (QED) is 0.689.